The number of imide groups is 2. The number of carbonyl (C=O) groups is 5. The Hall–Kier alpha value is -4.99. The fourth-order valence-corrected chi connectivity index (χ4v) is 4.24. The van der Waals surface area contributed by atoms with E-state index >= 15 is 0 Å². The zero-order valence-electron chi connectivity index (χ0n) is 20.2. The van der Waals surface area contributed by atoms with Crippen LogP contribution in [0, 0.1) is 13.8 Å². The van der Waals surface area contributed by atoms with Crippen molar-refractivity contribution >= 4 is 41.5 Å². The molecular formula is C27H21N3O7-2. The molecule has 1 aliphatic heterocycles. The van der Waals surface area contributed by atoms with Crippen molar-refractivity contribution in [3.8, 4) is 5.69 Å². The molecule has 0 atom stereocenters. The van der Waals surface area contributed by atoms with Gasteiger partial charge in [-0.1, -0.05) is 19.1 Å². The van der Waals surface area contributed by atoms with E-state index in [-0.39, 0.29) is 22.4 Å². The van der Waals surface area contributed by atoms with Gasteiger partial charge in [0.2, 0.25) is 0 Å². The van der Waals surface area contributed by atoms with E-state index in [1.165, 1.54) is 18.2 Å². The van der Waals surface area contributed by atoms with E-state index in [1.807, 2.05) is 6.92 Å². The first-order valence-electron chi connectivity index (χ1n) is 11.3. The number of hydrogen-bond donors (Lipinski definition) is 1. The molecule has 1 saturated heterocycles. The normalized spacial score (nSPS) is 14.7. The Morgan fingerprint density at radius 2 is 1.49 bits per heavy atom. The summed E-state index contributed by atoms with van der Waals surface area (Å²) in [7, 11) is 0. The molecule has 1 N–H and O–H groups in total. The van der Waals surface area contributed by atoms with Crippen molar-refractivity contribution in [1.82, 2.24) is 9.88 Å². The van der Waals surface area contributed by atoms with E-state index in [1.54, 1.807) is 48.7 Å². The standard InChI is InChI=1S/C27H23N3O7/c1-4-16-5-7-20(8-6-16)30-24(32)22(23(31)28-27(30)37)13-17-9-14(2)29(15(17)3)21-11-18(25(33)34)10-19(12-21)26(35)36/h5-13H,4H2,1-3H3,(H,33,34)(H,35,36)(H,28,31,37)/p-2/b22-13-. The van der Waals surface area contributed by atoms with Gasteiger partial charge in [0.1, 0.15) is 5.57 Å². The van der Waals surface area contributed by atoms with Crippen LogP contribution >= 0.6 is 0 Å². The van der Waals surface area contributed by atoms with Crippen molar-refractivity contribution in [2.24, 2.45) is 0 Å². The van der Waals surface area contributed by atoms with Crippen LogP contribution in [0.1, 0.15) is 50.2 Å². The lowest BCUT2D eigenvalue weighted by Gasteiger charge is -2.26. The van der Waals surface area contributed by atoms with Gasteiger partial charge >= 0.3 is 6.03 Å². The van der Waals surface area contributed by atoms with Gasteiger partial charge in [0, 0.05) is 17.1 Å². The molecule has 1 aliphatic rings. The second-order valence-electron chi connectivity index (χ2n) is 8.48. The maximum atomic E-state index is 13.2. The number of anilines is 1. The SMILES string of the molecule is CCc1ccc(N2C(=O)NC(=O)/C(=C/c3cc(C)n(-c4cc(C(=O)[O-])cc(C(=O)[O-])c4)c3C)C2=O)cc1. The molecule has 1 fully saturated rings. The van der Waals surface area contributed by atoms with Crippen LogP contribution in [0.3, 0.4) is 0 Å². The molecule has 37 heavy (non-hydrogen) atoms. The molecule has 1 aromatic heterocycles. The van der Waals surface area contributed by atoms with Crippen molar-refractivity contribution in [2.75, 3.05) is 4.90 Å². The van der Waals surface area contributed by atoms with Crippen molar-refractivity contribution in [3.05, 3.63) is 87.7 Å². The fraction of sp³-hybridized carbons (Fsp3) is 0.148. The highest BCUT2D eigenvalue weighted by atomic mass is 16.4. The van der Waals surface area contributed by atoms with E-state index in [4.69, 9.17) is 0 Å². The monoisotopic (exact) mass is 499 g/mol. The number of aryl methyl sites for hydroxylation is 2. The molecule has 188 valence electrons. The quantitative estimate of drug-likeness (QED) is 0.393. The topological polar surface area (TPSA) is 152 Å². The number of nitrogens with zero attached hydrogens (tertiary/aromatic N) is 2. The first-order valence-corrected chi connectivity index (χ1v) is 11.3. The van der Waals surface area contributed by atoms with E-state index in [9.17, 15) is 34.2 Å². The average molecular weight is 499 g/mol. The van der Waals surface area contributed by atoms with Crippen molar-refractivity contribution in [1.29, 1.82) is 0 Å². The number of carboxylic acids is 2. The first kappa shape index (κ1) is 25.1. The summed E-state index contributed by atoms with van der Waals surface area (Å²) in [5, 5.41) is 25.0. The Morgan fingerprint density at radius 1 is 0.892 bits per heavy atom. The van der Waals surface area contributed by atoms with Crippen molar-refractivity contribution < 1.29 is 34.2 Å². The van der Waals surface area contributed by atoms with Gasteiger partial charge in [-0.15, -0.1) is 0 Å². The van der Waals surface area contributed by atoms with Crippen LogP contribution in [0.25, 0.3) is 11.8 Å². The number of urea groups is 1. The van der Waals surface area contributed by atoms with Crippen LogP contribution in [-0.4, -0.2) is 34.4 Å². The summed E-state index contributed by atoms with van der Waals surface area (Å²) in [5.74, 6) is -4.79. The fourth-order valence-electron chi connectivity index (χ4n) is 4.24. The zero-order valence-corrected chi connectivity index (χ0v) is 20.2. The van der Waals surface area contributed by atoms with Crippen LogP contribution < -0.4 is 20.4 Å². The largest absolute Gasteiger partial charge is 0.545 e. The Bertz CT molecular complexity index is 1480. The average Bonchev–Trinajstić information content (AvgIpc) is 3.14. The number of nitrogens with one attached hydrogen (secondary N) is 1. The van der Waals surface area contributed by atoms with Gasteiger partial charge in [-0.3, -0.25) is 14.9 Å². The summed E-state index contributed by atoms with van der Waals surface area (Å²) < 4.78 is 1.57. The highest BCUT2D eigenvalue weighted by Crippen LogP contribution is 2.27. The molecule has 4 rings (SSSR count). The molecule has 0 saturated carbocycles. The van der Waals surface area contributed by atoms with E-state index in [0.717, 1.165) is 23.0 Å². The van der Waals surface area contributed by atoms with E-state index < -0.39 is 29.8 Å². The molecule has 0 radical (unpaired) electrons. The molecular weight excluding hydrogens is 478 g/mol. The zero-order chi connectivity index (χ0) is 27.0. The lowest BCUT2D eigenvalue weighted by atomic mass is 10.1. The van der Waals surface area contributed by atoms with Gasteiger partial charge < -0.3 is 24.4 Å². The smallest absolute Gasteiger partial charge is 0.335 e. The number of carbonyl (C=O) groups excluding carboxylic acids is 5. The van der Waals surface area contributed by atoms with Crippen LogP contribution in [0.5, 0.6) is 0 Å². The summed E-state index contributed by atoms with van der Waals surface area (Å²) >= 11 is 0. The number of hydrogen-bond acceptors (Lipinski definition) is 7. The number of carboxylic acid groups (broad SMARTS) is 2. The summed E-state index contributed by atoms with van der Waals surface area (Å²) in [6.07, 6.45) is 2.11. The minimum absolute atomic E-state index is 0.216. The number of benzene rings is 2. The van der Waals surface area contributed by atoms with Crippen LogP contribution in [0.4, 0.5) is 10.5 Å². The molecule has 4 amide bonds. The van der Waals surface area contributed by atoms with Gasteiger partial charge in [0.05, 0.1) is 17.6 Å². The van der Waals surface area contributed by atoms with Gasteiger partial charge in [-0.05, 0) is 85.0 Å². The molecule has 2 heterocycles. The third-order valence-corrected chi connectivity index (χ3v) is 6.12. The van der Waals surface area contributed by atoms with Crippen LogP contribution in [-0.2, 0) is 16.0 Å². The predicted molar refractivity (Wildman–Crippen MR) is 129 cm³/mol. The number of barbiturate groups is 1. The number of aromatic nitrogens is 1. The highest BCUT2D eigenvalue weighted by Gasteiger charge is 2.37. The van der Waals surface area contributed by atoms with Crippen molar-refractivity contribution in [2.45, 2.75) is 27.2 Å². The summed E-state index contributed by atoms with van der Waals surface area (Å²) in [4.78, 5) is 62.1. The molecule has 3 aromatic rings. The Morgan fingerprint density at radius 3 is 2.03 bits per heavy atom. The molecule has 0 aliphatic carbocycles. The van der Waals surface area contributed by atoms with E-state index in [2.05, 4.69) is 5.32 Å². The first-order chi connectivity index (χ1) is 17.5. The summed E-state index contributed by atoms with van der Waals surface area (Å²) in [5.41, 5.74) is 2.03. The predicted octanol–water partition coefficient (Wildman–Crippen LogP) is 1.05. The molecule has 0 spiro atoms. The molecule has 0 bridgehead atoms. The number of rotatable bonds is 6. The Labute approximate surface area is 211 Å². The minimum Gasteiger partial charge on any atom is -0.545 e. The third-order valence-electron chi connectivity index (χ3n) is 6.12. The Kier molecular flexibility index (Phi) is 6.50. The molecule has 2 aromatic carbocycles. The van der Waals surface area contributed by atoms with Crippen molar-refractivity contribution in [3.63, 3.8) is 0 Å². The second kappa shape index (κ2) is 9.57. The summed E-state index contributed by atoms with van der Waals surface area (Å²) in [6, 6.07) is 11.0. The van der Waals surface area contributed by atoms with Crippen LogP contribution in [0.2, 0.25) is 0 Å². The third kappa shape index (κ3) is 4.64. The number of amides is 4. The second-order valence-corrected chi connectivity index (χ2v) is 8.48. The van der Waals surface area contributed by atoms with Gasteiger partial charge in [-0.2, -0.15) is 0 Å². The highest BCUT2D eigenvalue weighted by molar-refractivity contribution is 6.39. The van der Waals surface area contributed by atoms with Gasteiger partial charge in [-0.25, -0.2) is 9.69 Å². The summed E-state index contributed by atoms with van der Waals surface area (Å²) in [6.45, 7) is 5.31. The Balaban J connectivity index is 1.78. The maximum absolute atomic E-state index is 13.2. The molecule has 0 unspecified atom stereocenters. The van der Waals surface area contributed by atoms with Gasteiger partial charge in [0.25, 0.3) is 11.8 Å². The van der Waals surface area contributed by atoms with Gasteiger partial charge in [0.15, 0.2) is 0 Å². The lowest BCUT2D eigenvalue weighted by Crippen LogP contribution is -2.54. The molecule has 10 nitrogen and oxygen atoms in total. The van der Waals surface area contributed by atoms with E-state index in [0.29, 0.717) is 22.6 Å². The minimum atomic E-state index is -1.56. The lowest BCUT2D eigenvalue weighted by molar-refractivity contribution is -0.255. The molecule has 10 heteroatoms. The van der Waals surface area contributed by atoms with Crippen LogP contribution in [0.15, 0.2) is 54.1 Å². The number of aromatic carboxylic acids is 2. The maximum Gasteiger partial charge on any atom is 0.335 e.